The molecular weight excluding hydrogens is 350 g/mol. The SMILES string of the molecule is CCCc1ccc(-c2nc(CCOCCSCC(=O)OC)c(C)o2)cc1. The molecule has 2 rings (SSSR count). The second-order valence-corrected chi connectivity index (χ2v) is 7.07. The molecule has 142 valence electrons. The van der Waals surface area contributed by atoms with Crippen LogP contribution in [-0.4, -0.2) is 42.8 Å². The molecule has 0 bridgehead atoms. The van der Waals surface area contributed by atoms with Crippen molar-refractivity contribution in [2.45, 2.75) is 33.1 Å². The van der Waals surface area contributed by atoms with E-state index < -0.39 is 0 Å². The summed E-state index contributed by atoms with van der Waals surface area (Å²) in [6.07, 6.45) is 2.94. The minimum Gasteiger partial charge on any atom is -0.468 e. The molecule has 0 saturated carbocycles. The van der Waals surface area contributed by atoms with Crippen molar-refractivity contribution in [2.75, 3.05) is 31.8 Å². The van der Waals surface area contributed by atoms with E-state index in [4.69, 9.17) is 9.15 Å². The third-order valence-electron chi connectivity index (χ3n) is 3.94. The van der Waals surface area contributed by atoms with Gasteiger partial charge in [-0.05, 0) is 31.0 Å². The van der Waals surface area contributed by atoms with Crippen molar-refractivity contribution in [3.8, 4) is 11.5 Å². The number of hydrogen-bond donors (Lipinski definition) is 0. The fourth-order valence-corrected chi connectivity index (χ4v) is 3.15. The minimum atomic E-state index is -0.205. The number of aryl methyl sites for hydroxylation is 2. The monoisotopic (exact) mass is 377 g/mol. The zero-order chi connectivity index (χ0) is 18.8. The first-order valence-corrected chi connectivity index (χ1v) is 10.1. The zero-order valence-electron chi connectivity index (χ0n) is 15.7. The van der Waals surface area contributed by atoms with Gasteiger partial charge in [-0.2, -0.15) is 0 Å². The number of carbonyl (C=O) groups is 1. The summed E-state index contributed by atoms with van der Waals surface area (Å²) >= 11 is 1.51. The predicted octanol–water partition coefficient (Wildman–Crippen LogP) is 4.07. The summed E-state index contributed by atoms with van der Waals surface area (Å²) in [5.74, 6) is 2.42. The first-order valence-electron chi connectivity index (χ1n) is 8.92. The van der Waals surface area contributed by atoms with Crippen LogP contribution in [-0.2, 0) is 27.1 Å². The quantitative estimate of drug-likeness (QED) is 0.435. The van der Waals surface area contributed by atoms with Gasteiger partial charge in [0.05, 0.1) is 31.8 Å². The molecule has 0 aliphatic carbocycles. The maximum absolute atomic E-state index is 11.0. The number of esters is 1. The van der Waals surface area contributed by atoms with Gasteiger partial charge in [0.2, 0.25) is 5.89 Å². The van der Waals surface area contributed by atoms with Crippen LogP contribution in [0.4, 0.5) is 0 Å². The van der Waals surface area contributed by atoms with Gasteiger partial charge in [-0.3, -0.25) is 4.79 Å². The van der Waals surface area contributed by atoms with Crippen LogP contribution in [0.25, 0.3) is 11.5 Å². The predicted molar refractivity (Wildman–Crippen MR) is 105 cm³/mol. The first kappa shape index (κ1) is 20.5. The van der Waals surface area contributed by atoms with Crippen LogP contribution in [0.3, 0.4) is 0 Å². The number of rotatable bonds is 11. The van der Waals surface area contributed by atoms with Crippen molar-refractivity contribution in [3.63, 3.8) is 0 Å². The second-order valence-electron chi connectivity index (χ2n) is 5.96. The van der Waals surface area contributed by atoms with Crippen LogP contribution in [0, 0.1) is 6.92 Å². The van der Waals surface area contributed by atoms with Gasteiger partial charge in [-0.25, -0.2) is 4.98 Å². The van der Waals surface area contributed by atoms with E-state index in [1.807, 2.05) is 6.92 Å². The van der Waals surface area contributed by atoms with Gasteiger partial charge in [0.1, 0.15) is 5.76 Å². The lowest BCUT2D eigenvalue weighted by molar-refractivity contribution is -0.137. The lowest BCUT2D eigenvalue weighted by Gasteiger charge is -2.03. The molecule has 0 radical (unpaired) electrons. The lowest BCUT2D eigenvalue weighted by atomic mass is 10.1. The van der Waals surface area contributed by atoms with E-state index >= 15 is 0 Å². The van der Waals surface area contributed by atoms with Crippen LogP contribution >= 0.6 is 11.8 Å². The Morgan fingerprint density at radius 1 is 1.19 bits per heavy atom. The summed E-state index contributed by atoms with van der Waals surface area (Å²) in [7, 11) is 1.40. The van der Waals surface area contributed by atoms with E-state index in [1.54, 1.807) is 0 Å². The van der Waals surface area contributed by atoms with E-state index in [0.717, 1.165) is 35.6 Å². The lowest BCUT2D eigenvalue weighted by Crippen LogP contribution is -2.07. The van der Waals surface area contributed by atoms with Crippen LogP contribution in [0.15, 0.2) is 28.7 Å². The molecule has 0 aliphatic heterocycles. The summed E-state index contributed by atoms with van der Waals surface area (Å²) in [6.45, 7) is 5.30. The molecule has 2 aromatic rings. The molecule has 6 heteroatoms. The van der Waals surface area contributed by atoms with E-state index in [0.29, 0.717) is 31.3 Å². The van der Waals surface area contributed by atoms with E-state index in [1.165, 1.54) is 24.4 Å². The van der Waals surface area contributed by atoms with Gasteiger partial charge in [0.15, 0.2) is 0 Å². The van der Waals surface area contributed by atoms with Gasteiger partial charge >= 0.3 is 5.97 Å². The summed E-state index contributed by atoms with van der Waals surface area (Å²) in [6, 6.07) is 8.39. The smallest absolute Gasteiger partial charge is 0.315 e. The maximum atomic E-state index is 11.0. The van der Waals surface area contributed by atoms with Crippen molar-refractivity contribution in [3.05, 3.63) is 41.3 Å². The van der Waals surface area contributed by atoms with Gasteiger partial charge in [-0.1, -0.05) is 25.5 Å². The number of oxazole rings is 1. The third-order valence-corrected chi connectivity index (χ3v) is 4.83. The van der Waals surface area contributed by atoms with Crippen molar-refractivity contribution in [1.82, 2.24) is 4.98 Å². The highest BCUT2D eigenvalue weighted by atomic mass is 32.2. The summed E-state index contributed by atoms with van der Waals surface area (Å²) < 4.78 is 16.0. The topological polar surface area (TPSA) is 61.6 Å². The number of thioether (sulfide) groups is 1. The Bertz CT molecular complexity index is 682. The largest absolute Gasteiger partial charge is 0.468 e. The van der Waals surface area contributed by atoms with Crippen molar-refractivity contribution < 1.29 is 18.7 Å². The first-order chi connectivity index (χ1) is 12.6. The molecule has 0 N–H and O–H groups in total. The molecule has 0 aliphatic rings. The number of aromatic nitrogens is 1. The Morgan fingerprint density at radius 2 is 1.96 bits per heavy atom. The fourth-order valence-electron chi connectivity index (χ4n) is 2.49. The molecular formula is C20H27NO4S. The van der Waals surface area contributed by atoms with Crippen LogP contribution in [0.1, 0.15) is 30.4 Å². The molecule has 0 amide bonds. The van der Waals surface area contributed by atoms with Gasteiger partial charge in [-0.15, -0.1) is 11.8 Å². The Hall–Kier alpha value is -1.79. The highest BCUT2D eigenvalue weighted by molar-refractivity contribution is 7.99. The molecule has 5 nitrogen and oxygen atoms in total. The van der Waals surface area contributed by atoms with Gasteiger partial charge in [0.25, 0.3) is 0 Å². The van der Waals surface area contributed by atoms with E-state index in [-0.39, 0.29) is 5.97 Å². The average Bonchev–Trinajstić information content (AvgIpc) is 3.02. The summed E-state index contributed by atoms with van der Waals surface area (Å²) in [5, 5.41) is 0. The maximum Gasteiger partial charge on any atom is 0.315 e. The highest BCUT2D eigenvalue weighted by Crippen LogP contribution is 2.22. The average molecular weight is 378 g/mol. The highest BCUT2D eigenvalue weighted by Gasteiger charge is 2.11. The molecule has 0 atom stereocenters. The minimum absolute atomic E-state index is 0.205. The number of benzene rings is 1. The summed E-state index contributed by atoms with van der Waals surface area (Å²) in [4.78, 5) is 15.6. The molecule has 0 spiro atoms. The summed E-state index contributed by atoms with van der Waals surface area (Å²) in [5.41, 5.74) is 3.26. The Morgan fingerprint density at radius 3 is 2.65 bits per heavy atom. The fraction of sp³-hybridized carbons (Fsp3) is 0.500. The van der Waals surface area contributed by atoms with Crippen molar-refractivity contribution in [1.29, 1.82) is 0 Å². The number of ether oxygens (including phenoxy) is 2. The third kappa shape index (κ3) is 6.50. The molecule has 26 heavy (non-hydrogen) atoms. The molecule has 0 saturated heterocycles. The molecule has 0 fully saturated rings. The second kappa shape index (κ2) is 11.0. The molecule has 0 unspecified atom stereocenters. The Labute approximate surface area is 159 Å². The van der Waals surface area contributed by atoms with Gasteiger partial charge in [0, 0.05) is 17.7 Å². The Balaban J connectivity index is 1.76. The number of methoxy groups -OCH3 is 1. The van der Waals surface area contributed by atoms with Crippen LogP contribution < -0.4 is 0 Å². The van der Waals surface area contributed by atoms with E-state index in [2.05, 4.69) is 40.9 Å². The molecule has 1 aromatic heterocycles. The van der Waals surface area contributed by atoms with Crippen molar-refractivity contribution >= 4 is 17.7 Å². The van der Waals surface area contributed by atoms with Crippen molar-refractivity contribution in [2.24, 2.45) is 0 Å². The zero-order valence-corrected chi connectivity index (χ0v) is 16.6. The van der Waals surface area contributed by atoms with Crippen LogP contribution in [0.5, 0.6) is 0 Å². The standard InChI is InChI=1S/C20H27NO4S/c1-4-5-16-6-8-17(9-7-16)20-21-18(15(2)25-20)10-11-24-12-13-26-14-19(22)23-3/h6-9H,4-5,10-14H2,1-3H3. The molecule has 1 aromatic carbocycles. The molecule has 1 heterocycles. The van der Waals surface area contributed by atoms with Gasteiger partial charge < -0.3 is 13.9 Å². The Kier molecular flexibility index (Phi) is 8.71. The normalized spacial score (nSPS) is 10.9. The van der Waals surface area contributed by atoms with Crippen LogP contribution in [0.2, 0.25) is 0 Å². The van der Waals surface area contributed by atoms with E-state index in [9.17, 15) is 4.79 Å². The number of nitrogens with zero attached hydrogens (tertiary/aromatic N) is 1. The number of carbonyl (C=O) groups excluding carboxylic acids is 1. The number of hydrogen-bond acceptors (Lipinski definition) is 6.